The standard InChI is InChI=1S/C40H62N4O6/c1-11-28(5)38(43(7)40(47)31(26(2)3)24-35-41-20-19-36(42-35)49-9)34(48-8)25-37(46)44-21-15-18-32(44)39(50-10)29(6)33(45)23-27(4)22-30-16-13-12-14-17-30/h12-14,16-17,19-20,26-29,31-32,34,38-39H,11,15,18,21-25H2,1-10H3/t27-,28+,29+,31+,32+,34-,38+,39-/m1/s1. The lowest BCUT2D eigenvalue weighted by molar-refractivity contribution is -0.148. The smallest absolute Gasteiger partial charge is 0.226 e. The minimum atomic E-state index is -0.521. The topological polar surface area (TPSA) is 111 Å². The Balaban J connectivity index is 1.74. The minimum absolute atomic E-state index is 0.0291. The van der Waals surface area contributed by atoms with Crippen molar-refractivity contribution in [2.45, 2.75) is 111 Å². The van der Waals surface area contributed by atoms with Gasteiger partial charge in [-0.2, -0.15) is 4.98 Å². The van der Waals surface area contributed by atoms with E-state index in [0.717, 1.165) is 25.7 Å². The zero-order valence-corrected chi connectivity index (χ0v) is 32.1. The Morgan fingerprint density at radius 3 is 2.26 bits per heavy atom. The molecule has 2 amide bonds. The molecule has 278 valence electrons. The van der Waals surface area contributed by atoms with Gasteiger partial charge in [0.05, 0.1) is 37.8 Å². The molecule has 0 N–H and O–H groups in total. The Morgan fingerprint density at radius 1 is 0.960 bits per heavy atom. The molecule has 0 aliphatic carbocycles. The quantitative estimate of drug-likeness (QED) is 0.165. The summed E-state index contributed by atoms with van der Waals surface area (Å²) in [5.74, 6) is 0.669. The van der Waals surface area contributed by atoms with E-state index < -0.39 is 12.2 Å². The van der Waals surface area contributed by atoms with Gasteiger partial charge in [0.25, 0.3) is 0 Å². The van der Waals surface area contributed by atoms with Crippen molar-refractivity contribution in [1.82, 2.24) is 19.8 Å². The van der Waals surface area contributed by atoms with Gasteiger partial charge in [-0.05, 0) is 42.6 Å². The van der Waals surface area contributed by atoms with E-state index in [4.69, 9.17) is 14.2 Å². The number of hydrogen-bond donors (Lipinski definition) is 0. The second kappa shape index (κ2) is 19.9. The molecule has 0 unspecified atom stereocenters. The van der Waals surface area contributed by atoms with Gasteiger partial charge in [0.2, 0.25) is 17.7 Å². The first-order valence-electron chi connectivity index (χ1n) is 18.4. The van der Waals surface area contributed by atoms with E-state index in [0.29, 0.717) is 31.1 Å². The first-order valence-corrected chi connectivity index (χ1v) is 18.4. The number of aromatic nitrogens is 2. The van der Waals surface area contributed by atoms with Crippen molar-refractivity contribution in [3.63, 3.8) is 0 Å². The number of carbonyl (C=O) groups excluding carboxylic acids is 3. The summed E-state index contributed by atoms with van der Waals surface area (Å²) in [6.45, 7) is 12.9. The van der Waals surface area contributed by atoms with Crippen LogP contribution in [0.3, 0.4) is 0 Å². The van der Waals surface area contributed by atoms with Crippen molar-refractivity contribution in [1.29, 1.82) is 0 Å². The van der Waals surface area contributed by atoms with E-state index >= 15 is 0 Å². The molecule has 1 aliphatic rings. The maximum atomic E-state index is 14.2. The van der Waals surface area contributed by atoms with Crippen LogP contribution >= 0.6 is 0 Å². The molecule has 0 bridgehead atoms. The highest BCUT2D eigenvalue weighted by Crippen LogP contribution is 2.31. The van der Waals surface area contributed by atoms with Crippen molar-refractivity contribution in [2.24, 2.45) is 29.6 Å². The summed E-state index contributed by atoms with van der Waals surface area (Å²) in [5.41, 5.74) is 1.22. The largest absolute Gasteiger partial charge is 0.481 e. The van der Waals surface area contributed by atoms with Gasteiger partial charge < -0.3 is 24.0 Å². The summed E-state index contributed by atoms with van der Waals surface area (Å²) < 4.78 is 17.3. The van der Waals surface area contributed by atoms with Crippen molar-refractivity contribution in [2.75, 3.05) is 34.9 Å². The summed E-state index contributed by atoms with van der Waals surface area (Å²) in [7, 11) is 6.64. The number of ether oxygens (including phenoxy) is 3. The fraction of sp³-hybridized carbons (Fsp3) is 0.675. The van der Waals surface area contributed by atoms with Crippen LogP contribution in [0, 0.1) is 29.6 Å². The Morgan fingerprint density at radius 2 is 1.66 bits per heavy atom. The van der Waals surface area contributed by atoms with Gasteiger partial charge in [-0.3, -0.25) is 14.4 Å². The maximum Gasteiger partial charge on any atom is 0.226 e. The van der Waals surface area contributed by atoms with Crippen LogP contribution in [0.2, 0.25) is 0 Å². The maximum absolute atomic E-state index is 14.2. The van der Waals surface area contributed by atoms with Crippen LogP contribution in [0.5, 0.6) is 5.88 Å². The number of Topliss-reactive ketones (excluding diaryl/α,β-unsaturated/α-hetero) is 1. The Labute approximate surface area is 300 Å². The molecular weight excluding hydrogens is 632 g/mol. The molecule has 3 rings (SSSR count). The Hall–Kier alpha value is -3.37. The first kappa shape index (κ1) is 41.1. The molecule has 1 saturated heterocycles. The SMILES string of the molecule is CC[C@H](C)[C@@H]([C@@H](CC(=O)N1CCC[C@H]1[C@H](OC)[C@@H](C)C(=O)C[C@H](C)Cc1ccccc1)OC)N(C)C(=O)[C@@H](Cc1nccc(OC)n1)C(C)C. The van der Waals surface area contributed by atoms with Crippen LogP contribution < -0.4 is 4.74 Å². The molecule has 0 saturated carbocycles. The molecule has 2 heterocycles. The second-order valence-corrected chi connectivity index (χ2v) is 14.6. The van der Waals surface area contributed by atoms with Crippen LogP contribution in [-0.2, 0) is 36.7 Å². The van der Waals surface area contributed by atoms with Gasteiger partial charge in [0.1, 0.15) is 11.6 Å². The number of hydrogen-bond acceptors (Lipinski definition) is 8. The lowest BCUT2D eigenvalue weighted by Gasteiger charge is -2.40. The van der Waals surface area contributed by atoms with Crippen molar-refractivity contribution in [3.8, 4) is 5.88 Å². The molecule has 8 atom stereocenters. The predicted octanol–water partition coefficient (Wildman–Crippen LogP) is 6.06. The molecule has 10 nitrogen and oxygen atoms in total. The molecule has 0 spiro atoms. The summed E-state index contributed by atoms with van der Waals surface area (Å²) >= 11 is 0. The van der Waals surface area contributed by atoms with Gasteiger partial charge in [-0.25, -0.2) is 4.98 Å². The third kappa shape index (κ3) is 10.8. The van der Waals surface area contributed by atoms with Crippen LogP contribution in [-0.4, -0.2) is 96.6 Å². The molecule has 2 aromatic rings. The van der Waals surface area contributed by atoms with E-state index in [1.165, 1.54) is 5.56 Å². The highest BCUT2D eigenvalue weighted by Gasteiger charge is 2.42. The molecular formula is C40H62N4O6. The van der Waals surface area contributed by atoms with E-state index in [-0.39, 0.29) is 65.7 Å². The first-order chi connectivity index (χ1) is 23.9. The predicted molar refractivity (Wildman–Crippen MR) is 196 cm³/mol. The summed E-state index contributed by atoms with van der Waals surface area (Å²) in [6, 6.07) is 11.4. The number of methoxy groups -OCH3 is 3. The van der Waals surface area contributed by atoms with Gasteiger partial charge in [0.15, 0.2) is 0 Å². The van der Waals surface area contributed by atoms with Crippen LogP contribution in [0.25, 0.3) is 0 Å². The normalized spacial score (nSPS) is 18.9. The van der Waals surface area contributed by atoms with Crippen molar-refractivity contribution >= 4 is 17.6 Å². The molecule has 1 aromatic carbocycles. The molecule has 1 fully saturated rings. The van der Waals surface area contributed by atoms with Crippen molar-refractivity contribution in [3.05, 3.63) is 54.0 Å². The van der Waals surface area contributed by atoms with E-state index in [1.54, 1.807) is 38.5 Å². The average molecular weight is 695 g/mol. The highest BCUT2D eigenvalue weighted by molar-refractivity contribution is 5.82. The number of ketones is 1. The monoisotopic (exact) mass is 694 g/mol. The zero-order chi connectivity index (χ0) is 37.0. The Bertz CT molecular complexity index is 1360. The fourth-order valence-electron chi connectivity index (χ4n) is 7.62. The summed E-state index contributed by atoms with van der Waals surface area (Å²) in [4.78, 5) is 54.4. The number of amides is 2. The van der Waals surface area contributed by atoms with E-state index in [2.05, 4.69) is 42.9 Å². The van der Waals surface area contributed by atoms with E-state index in [1.807, 2.05) is 50.9 Å². The third-order valence-electron chi connectivity index (χ3n) is 10.7. The van der Waals surface area contributed by atoms with Crippen LogP contribution in [0.4, 0.5) is 0 Å². The number of carbonyl (C=O) groups is 3. The number of nitrogens with zero attached hydrogens (tertiary/aromatic N) is 4. The summed E-state index contributed by atoms with van der Waals surface area (Å²) in [5, 5.41) is 0. The number of benzene rings is 1. The van der Waals surface area contributed by atoms with Gasteiger partial charge in [0, 0.05) is 64.8 Å². The second-order valence-electron chi connectivity index (χ2n) is 14.6. The lowest BCUT2D eigenvalue weighted by Crippen LogP contribution is -2.54. The van der Waals surface area contributed by atoms with Gasteiger partial charge in [-0.15, -0.1) is 0 Å². The van der Waals surface area contributed by atoms with Gasteiger partial charge >= 0.3 is 0 Å². The Kier molecular flexibility index (Phi) is 16.3. The minimum Gasteiger partial charge on any atom is -0.481 e. The lowest BCUT2D eigenvalue weighted by atomic mass is 9.86. The highest BCUT2D eigenvalue weighted by atomic mass is 16.5. The van der Waals surface area contributed by atoms with Crippen LogP contribution in [0.1, 0.15) is 85.0 Å². The van der Waals surface area contributed by atoms with Crippen molar-refractivity contribution < 1.29 is 28.6 Å². The number of likely N-dealkylation sites (tertiary alicyclic amines) is 1. The molecule has 1 aromatic heterocycles. The molecule has 1 aliphatic heterocycles. The summed E-state index contributed by atoms with van der Waals surface area (Å²) in [6.07, 6.45) is 4.93. The number of rotatable bonds is 20. The third-order valence-corrected chi connectivity index (χ3v) is 10.7. The zero-order valence-electron chi connectivity index (χ0n) is 32.1. The van der Waals surface area contributed by atoms with E-state index in [9.17, 15) is 14.4 Å². The number of likely N-dealkylation sites (N-methyl/N-ethyl adjacent to an activating group) is 1. The van der Waals surface area contributed by atoms with Crippen LogP contribution in [0.15, 0.2) is 42.6 Å². The molecule has 10 heteroatoms. The molecule has 0 radical (unpaired) electrons. The molecule has 50 heavy (non-hydrogen) atoms. The van der Waals surface area contributed by atoms with Gasteiger partial charge in [-0.1, -0.05) is 78.3 Å². The fourth-order valence-corrected chi connectivity index (χ4v) is 7.62. The average Bonchev–Trinajstić information content (AvgIpc) is 3.60.